The van der Waals surface area contributed by atoms with Crippen LogP contribution in [0.25, 0.3) is 0 Å². The Hall–Kier alpha value is -2.99. The van der Waals surface area contributed by atoms with Gasteiger partial charge in [0.1, 0.15) is 5.69 Å². The van der Waals surface area contributed by atoms with Crippen molar-refractivity contribution in [2.24, 2.45) is 0 Å². The summed E-state index contributed by atoms with van der Waals surface area (Å²) in [6, 6.07) is 20.2. The van der Waals surface area contributed by atoms with Gasteiger partial charge >= 0.3 is 0 Å². The molecule has 2 aromatic carbocycles. The fourth-order valence-electron chi connectivity index (χ4n) is 4.23. The molecule has 1 saturated heterocycles. The molecule has 0 bridgehead atoms. The predicted molar refractivity (Wildman–Crippen MR) is 128 cm³/mol. The average Bonchev–Trinajstić information content (AvgIpc) is 3.30. The molecule has 3 aromatic rings. The summed E-state index contributed by atoms with van der Waals surface area (Å²) < 4.78 is 0. The number of nitrogens with one attached hydrogen (secondary N) is 1. The summed E-state index contributed by atoms with van der Waals surface area (Å²) in [4.78, 5) is 32.2. The van der Waals surface area contributed by atoms with Gasteiger partial charge in [-0.05, 0) is 30.4 Å². The van der Waals surface area contributed by atoms with Crippen LogP contribution in [0.1, 0.15) is 58.7 Å². The van der Waals surface area contributed by atoms with E-state index in [2.05, 4.69) is 29.4 Å². The van der Waals surface area contributed by atoms with Gasteiger partial charge in [-0.2, -0.15) is 0 Å². The minimum atomic E-state index is -0.124. The minimum Gasteiger partial charge on any atom is -0.348 e. The predicted octanol–water partition coefficient (Wildman–Crippen LogP) is 4.65. The molecule has 1 fully saturated rings. The number of aromatic nitrogens is 1. The number of benzene rings is 2. The van der Waals surface area contributed by atoms with Gasteiger partial charge in [0.2, 0.25) is 5.91 Å². The van der Waals surface area contributed by atoms with E-state index in [0.717, 1.165) is 36.3 Å². The van der Waals surface area contributed by atoms with Crippen LogP contribution in [0.4, 0.5) is 0 Å². The maximum absolute atomic E-state index is 13.1. The van der Waals surface area contributed by atoms with Crippen molar-refractivity contribution in [1.29, 1.82) is 0 Å². The zero-order valence-electron chi connectivity index (χ0n) is 18.4. The summed E-state index contributed by atoms with van der Waals surface area (Å²) in [5, 5.41) is 5.88. The lowest BCUT2D eigenvalue weighted by Gasteiger charge is -2.34. The fraction of sp³-hybridized carbons (Fsp3) is 0.346. The lowest BCUT2D eigenvalue weighted by atomic mass is 9.93. The van der Waals surface area contributed by atoms with Crippen molar-refractivity contribution >= 4 is 23.2 Å². The second-order valence-corrected chi connectivity index (χ2v) is 9.18. The molecule has 1 atom stereocenters. The lowest BCUT2D eigenvalue weighted by Crippen LogP contribution is -2.47. The van der Waals surface area contributed by atoms with E-state index in [0.29, 0.717) is 18.8 Å². The molecule has 2 heterocycles. The van der Waals surface area contributed by atoms with Gasteiger partial charge in [0.05, 0.1) is 10.9 Å². The number of rotatable bonds is 7. The Morgan fingerprint density at radius 1 is 1.06 bits per heavy atom. The molecule has 2 amide bonds. The third kappa shape index (κ3) is 5.43. The van der Waals surface area contributed by atoms with E-state index in [1.54, 1.807) is 0 Å². The Labute approximate surface area is 193 Å². The molecule has 1 N–H and O–H groups in total. The molecule has 1 aliphatic heterocycles. The molecule has 166 valence electrons. The quantitative estimate of drug-likeness (QED) is 0.574. The molecule has 1 aliphatic rings. The number of thiazole rings is 1. The fourth-order valence-corrected chi connectivity index (χ4v) is 5.04. The van der Waals surface area contributed by atoms with Crippen LogP contribution in [0.2, 0.25) is 0 Å². The van der Waals surface area contributed by atoms with Crippen LogP contribution in [0.5, 0.6) is 0 Å². The summed E-state index contributed by atoms with van der Waals surface area (Å²) in [7, 11) is 0. The first kappa shape index (κ1) is 22.2. The van der Waals surface area contributed by atoms with Crippen molar-refractivity contribution in [2.75, 3.05) is 13.1 Å². The lowest BCUT2D eigenvalue weighted by molar-refractivity contribution is -0.134. The number of hydrogen-bond acceptors (Lipinski definition) is 4. The topological polar surface area (TPSA) is 62.3 Å². The summed E-state index contributed by atoms with van der Waals surface area (Å²) in [5.41, 5.74) is 2.74. The third-order valence-electron chi connectivity index (χ3n) is 6.03. The van der Waals surface area contributed by atoms with Crippen LogP contribution < -0.4 is 5.32 Å². The number of amides is 2. The van der Waals surface area contributed by atoms with Crippen LogP contribution in [0.15, 0.2) is 66.0 Å². The van der Waals surface area contributed by atoms with Crippen molar-refractivity contribution in [1.82, 2.24) is 15.2 Å². The molecule has 32 heavy (non-hydrogen) atoms. The van der Waals surface area contributed by atoms with Gasteiger partial charge < -0.3 is 10.2 Å². The molecule has 6 heteroatoms. The first-order valence-corrected chi connectivity index (χ1v) is 12.1. The highest BCUT2D eigenvalue weighted by molar-refractivity contribution is 7.09. The van der Waals surface area contributed by atoms with Gasteiger partial charge in [0, 0.05) is 30.9 Å². The van der Waals surface area contributed by atoms with Crippen LogP contribution >= 0.6 is 11.3 Å². The van der Waals surface area contributed by atoms with Crippen LogP contribution in [0, 0.1) is 0 Å². The standard InChI is InChI=1S/C26H29N3O2S/c1-2-22(20-11-7-4-8-12-20)26(31)29-15-13-21(14-16-29)27-25(30)23-18-32-24(28-23)17-19-9-5-3-6-10-19/h3-12,18,21-22H,2,13-17H2,1H3,(H,27,30). The molecule has 1 aromatic heterocycles. The monoisotopic (exact) mass is 447 g/mol. The molecule has 5 nitrogen and oxygen atoms in total. The number of piperidine rings is 1. The highest BCUT2D eigenvalue weighted by Crippen LogP contribution is 2.24. The molecule has 0 aliphatic carbocycles. The molecule has 4 rings (SSSR count). The van der Waals surface area contributed by atoms with Gasteiger partial charge in [-0.15, -0.1) is 11.3 Å². The van der Waals surface area contributed by atoms with Crippen LogP contribution in [0.3, 0.4) is 0 Å². The largest absolute Gasteiger partial charge is 0.348 e. The summed E-state index contributed by atoms with van der Waals surface area (Å²) in [6.45, 7) is 3.40. The van der Waals surface area contributed by atoms with Crippen molar-refractivity contribution in [3.05, 3.63) is 87.9 Å². The third-order valence-corrected chi connectivity index (χ3v) is 6.88. The van der Waals surface area contributed by atoms with Crippen LogP contribution in [-0.4, -0.2) is 40.8 Å². The number of hydrogen-bond donors (Lipinski definition) is 1. The maximum Gasteiger partial charge on any atom is 0.270 e. The highest BCUT2D eigenvalue weighted by Gasteiger charge is 2.29. The zero-order chi connectivity index (χ0) is 22.3. The van der Waals surface area contributed by atoms with Crippen molar-refractivity contribution in [2.45, 2.75) is 44.6 Å². The maximum atomic E-state index is 13.1. The smallest absolute Gasteiger partial charge is 0.270 e. The van der Waals surface area contributed by atoms with Gasteiger partial charge in [-0.25, -0.2) is 4.98 Å². The number of carbonyl (C=O) groups excluding carboxylic acids is 2. The Bertz CT molecular complexity index is 1030. The summed E-state index contributed by atoms with van der Waals surface area (Å²) in [5.74, 6) is -0.0324. The second kappa shape index (κ2) is 10.6. The first-order valence-electron chi connectivity index (χ1n) is 11.3. The molecule has 0 saturated carbocycles. The average molecular weight is 448 g/mol. The first-order chi connectivity index (χ1) is 15.6. The van der Waals surface area contributed by atoms with E-state index in [1.807, 2.05) is 58.8 Å². The Kier molecular flexibility index (Phi) is 7.32. The SMILES string of the molecule is CCC(C(=O)N1CCC(NC(=O)c2csc(Cc3ccccc3)n2)CC1)c1ccccc1. The van der Waals surface area contributed by atoms with Crippen molar-refractivity contribution in [3.63, 3.8) is 0 Å². The highest BCUT2D eigenvalue weighted by atomic mass is 32.1. The number of likely N-dealkylation sites (tertiary alicyclic amines) is 1. The molecule has 1 unspecified atom stereocenters. The molecular weight excluding hydrogens is 418 g/mol. The van der Waals surface area contributed by atoms with E-state index >= 15 is 0 Å². The van der Waals surface area contributed by atoms with E-state index < -0.39 is 0 Å². The van der Waals surface area contributed by atoms with Crippen molar-refractivity contribution < 1.29 is 9.59 Å². The normalized spacial score (nSPS) is 15.3. The van der Waals surface area contributed by atoms with E-state index in [4.69, 9.17) is 0 Å². The minimum absolute atomic E-state index is 0.0719. The molecular formula is C26H29N3O2S. The van der Waals surface area contributed by atoms with Gasteiger partial charge in [-0.1, -0.05) is 67.6 Å². The number of carbonyl (C=O) groups is 2. The Balaban J connectivity index is 1.28. The number of nitrogens with zero attached hydrogens (tertiary/aromatic N) is 2. The zero-order valence-corrected chi connectivity index (χ0v) is 19.2. The summed E-state index contributed by atoms with van der Waals surface area (Å²) >= 11 is 1.52. The van der Waals surface area contributed by atoms with Crippen molar-refractivity contribution in [3.8, 4) is 0 Å². The Morgan fingerprint density at radius 3 is 2.38 bits per heavy atom. The molecule has 0 radical (unpaired) electrons. The van der Waals surface area contributed by atoms with E-state index in [-0.39, 0.29) is 23.8 Å². The van der Waals surface area contributed by atoms with Gasteiger partial charge in [0.15, 0.2) is 0 Å². The second-order valence-electron chi connectivity index (χ2n) is 8.23. The Morgan fingerprint density at radius 2 is 1.72 bits per heavy atom. The van der Waals surface area contributed by atoms with Crippen LogP contribution in [-0.2, 0) is 11.2 Å². The summed E-state index contributed by atoms with van der Waals surface area (Å²) in [6.07, 6.45) is 3.06. The van der Waals surface area contributed by atoms with E-state index in [9.17, 15) is 9.59 Å². The van der Waals surface area contributed by atoms with Gasteiger partial charge in [0.25, 0.3) is 5.91 Å². The molecule has 0 spiro atoms. The van der Waals surface area contributed by atoms with E-state index in [1.165, 1.54) is 16.9 Å². The van der Waals surface area contributed by atoms with Gasteiger partial charge in [-0.3, -0.25) is 9.59 Å².